The van der Waals surface area contributed by atoms with E-state index in [1.54, 1.807) is 6.92 Å². The molecule has 0 unspecified atom stereocenters. The predicted octanol–water partition coefficient (Wildman–Crippen LogP) is 4.14. The molecule has 1 aliphatic rings. The molecule has 0 spiro atoms. The molecule has 2 aromatic rings. The fourth-order valence-electron chi connectivity index (χ4n) is 3.22. The molecule has 1 heterocycles. The van der Waals surface area contributed by atoms with Gasteiger partial charge in [-0.05, 0) is 48.6 Å². The van der Waals surface area contributed by atoms with Gasteiger partial charge in [-0.3, -0.25) is 4.79 Å². The lowest BCUT2D eigenvalue weighted by Gasteiger charge is -2.27. The molecule has 0 radical (unpaired) electrons. The van der Waals surface area contributed by atoms with Crippen molar-refractivity contribution < 1.29 is 22.7 Å². The van der Waals surface area contributed by atoms with Crippen LogP contribution in [-0.2, 0) is 24.2 Å². The van der Waals surface area contributed by atoms with E-state index < -0.39 is 18.1 Å². The first-order chi connectivity index (χ1) is 12.3. The van der Waals surface area contributed by atoms with Crippen molar-refractivity contribution in [2.24, 2.45) is 0 Å². The van der Waals surface area contributed by atoms with Gasteiger partial charge in [0.1, 0.15) is 12.4 Å². The minimum atomic E-state index is -4.84. The van der Waals surface area contributed by atoms with Gasteiger partial charge >= 0.3 is 12.1 Å². The molecule has 0 fully saturated rings. The fourth-order valence-corrected chi connectivity index (χ4v) is 3.22. The van der Waals surface area contributed by atoms with Crippen LogP contribution < -0.4 is 4.74 Å². The number of carbonyl (C=O) groups excluding carboxylic acids is 1. The number of nitrogens with zero attached hydrogens (tertiary/aromatic N) is 1. The summed E-state index contributed by atoms with van der Waals surface area (Å²) < 4.78 is 44.1. The van der Waals surface area contributed by atoms with E-state index >= 15 is 0 Å². The van der Waals surface area contributed by atoms with Crippen LogP contribution >= 0.6 is 0 Å². The molecule has 0 aliphatic carbocycles. The highest BCUT2D eigenvalue weighted by Crippen LogP contribution is 2.27. The van der Waals surface area contributed by atoms with Gasteiger partial charge in [0.25, 0.3) is 0 Å². The van der Waals surface area contributed by atoms with Gasteiger partial charge in [0.05, 0.1) is 0 Å². The molecular weight excluding hydrogens is 343 g/mol. The summed E-state index contributed by atoms with van der Waals surface area (Å²) in [6, 6.07) is 14.8. The summed E-state index contributed by atoms with van der Waals surface area (Å²) >= 11 is 0. The second-order valence-corrected chi connectivity index (χ2v) is 6.50. The molecule has 0 saturated heterocycles. The lowest BCUT2D eigenvalue weighted by atomic mass is 10.0. The summed E-state index contributed by atoms with van der Waals surface area (Å²) in [5, 5.41) is 0. The van der Waals surface area contributed by atoms with Gasteiger partial charge in [-0.25, -0.2) is 0 Å². The SMILES string of the molecule is C[C@H]1Cc2ccc(OCc3ccccc3)cc2CCN1C(=O)C(F)(F)F. The molecule has 0 bridgehead atoms. The summed E-state index contributed by atoms with van der Waals surface area (Å²) in [6.07, 6.45) is -4.06. The molecule has 3 nitrogen and oxygen atoms in total. The number of carbonyl (C=O) groups is 1. The van der Waals surface area contributed by atoms with Crippen molar-refractivity contribution in [2.45, 2.75) is 38.6 Å². The third kappa shape index (κ3) is 4.18. The molecule has 3 rings (SSSR count). The number of hydrogen-bond donors (Lipinski definition) is 0. The Morgan fingerprint density at radius 3 is 2.58 bits per heavy atom. The molecule has 138 valence electrons. The first-order valence-corrected chi connectivity index (χ1v) is 8.51. The average molecular weight is 363 g/mol. The molecule has 0 N–H and O–H groups in total. The third-order valence-electron chi connectivity index (χ3n) is 4.60. The molecule has 0 saturated carbocycles. The van der Waals surface area contributed by atoms with Gasteiger partial charge in [0, 0.05) is 12.6 Å². The quantitative estimate of drug-likeness (QED) is 0.820. The Labute approximate surface area is 150 Å². The first-order valence-electron chi connectivity index (χ1n) is 8.51. The van der Waals surface area contributed by atoms with E-state index in [4.69, 9.17) is 4.74 Å². The third-order valence-corrected chi connectivity index (χ3v) is 4.60. The van der Waals surface area contributed by atoms with Gasteiger partial charge < -0.3 is 9.64 Å². The number of hydrogen-bond acceptors (Lipinski definition) is 2. The van der Waals surface area contributed by atoms with E-state index in [9.17, 15) is 18.0 Å². The van der Waals surface area contributed by atoms with Crippen LogP contribution in [0.2, 0.25) is 0 Å². The van der Waals surface area contributed by atoms with Crippen LogP contribution in [0.15, 0.2) is 48.5 Å². The minimum absolute atomic E-state index is 0.0502. The Bertz CT molecular complexity index is 774. The van der Waals surface area contributed by atoms with Crippen molar-refractivity contribution in [3.63, 3.8) is 0 Å². The van der Waals surface area contributed by atoms with Gasteiger partial charge in [-0.2, -0.15) is 13.2 Å². The number of benzene rings is 2. The molecule has 1 aliphatic heterocycles. The van der Waals surface area contributed by atoms with Crippen LogP contribution in [0.5, 0.6) is 5.75 Å². The van der Waals surface area contributed by atoms with Crippen LogP contribution in [0.4, 0.5) is 13.2 Å². The second kappa shape index (κ2) is 7.40. The normalized spacial score (nSPS) is 17.4. The summed E-state index contributed by atoms with van der Waals surface area (Å²) in [5.74, 6) is -1.09. The van der Waals surface area contributed by atoms with Crippen molar-refractivity contribution in [2.75, 3.05) is 6.54 Å². The fraction of sp³-hybridized carbons (Fsp3) is 0.350. The minimum Gasteiger partial charge on any atom is -0.489 e. The average Bonchev–Trinajstić information content (AvgIpc) is 2.77. The molecule has 1 amide bonds. The first kappa shape index (κ1) is 18.3. The number of fused-ring (bicyclic) bond motifs is 1. The molecule has 0 aromatic heterocycles. The van der Waals surface area contributed by atoms with Crippen molar-refractivity contribution >= 4 is 5.91 Å². The highest BCUT2D eigenvalue weighted by atomic mass is 19.4. The number of amides is 1. The Morgan fingerprint density at radius 2 is 1.88 bits per heavy atom. The topological polar surface area (TPSA) is 29.5 Å². The Hall–Kier alpha value is -2.50. The Balaban J connectivity index is 1.72. The number of halogens is 3. The maximum absolute atomic E-state index is 12.8. The zero-order valence-electron chi connectivity index (χ0n) is 14.4. The summed E-state index contributed by atoms with van der Waals surface area (Å²) in [4.78, 5) is 12.6. The predicted molar refractivity (Wildman–Crippen MR) is 91.9 cm³/mol. The number of ether oxygens (including phenoxy) is 1. The summed E-state index contributed by atoms with van der Waals surface area (Å²) in [5.41, 5.74) is 2.93. The van der Waals surface area contributed by atoms with E-state index in [0.29, 0.717) is 25.2 Å². The molecular formula is C20H20F3NO2. The highest BCUT2D eigenvalue weighted by molar-refractivity contribution is 5.82. The highest BCUT2D eigenvalue weighted by Gasteiger charge is 2.44. The Kier molecular flexibility index (Phi) is 5.20. The van der Waals surface area contributed by atoms with Gasteiger partial charge in [-0.15, -0.1) is 0 Å². The van der Waals surface area contributed by atoms with Gasteiger partial charge in [-0.1, -0.05) is 36.4 Å². The lowest BCUT2D eigenvalue weighted by Crippen LogP contribution is -2.46. The van der Waals surface area contributed by atoms with Crippen LogP contribution in [0.25, 0.3) is 0 Å². The van der Waals surface area contributed by atoms with E-state index in [2.05, 4.69) is 0 Å². The van der Waals surface area contributed by atoms with Crippen molar-refractivity contribution in [1.29, 1.82) is 0 Å². The largest absolute Gasteiger partial charge is 0.489 e. The standard InChI is InChI=1S/C20H20F3NO2/c1-14-11-16-7-8-18(26-13-15-5-3-2-4-6-15)12-17(16)9-10-24(14)19(25)20(21,22)23/h2-8,12,14H,9-11,13H2,1H3/t14-/m0/s1. The van der Waals surface area contributed by atoms with E-state index in [1.165, 1.54) is 0 Å². The van der Waals surface area contributed by atoms with E-state index in [1.807, 2.05) is 48.5 Å². The zero-order valence-corrected chi connectivity index (χ0v) is 14.4. The van der Waals surface area contributed by atoms with Gasteiger partial charge in [0.15, 0.2) is 0 Å². The van der Waals surface area contributed by atoms with Crippen LogP contribution in [0, 0.1) is 0 Å². The van der Waals surface area contributed by atoms with E-state index in [-0.39, 0.29) is 6.54 Å². The Morgan fingerprint density at radius 1 is 1.15 bits per heavy atom. The smallest absolute Gasteiger partial charge is 0.471 e. The van der Waals surface area contributed by atoms with E-state index in [0.717, 1.165) is 21.6 Å². The van der Waals surface area contributed by atoms with Crippen molar-refractivity contribution in [3.05, 3.63) is 65.2 Å². The molecule has 6 heteroatoms. The van der Waals surface area contributed by atoms with Crippen molar-refractivity contribution in [3.8, 4) is 5.75 Å². The molecule has 26 heavy (non-hydrogen) atoms. The summed E-state index contributed by atoms with van der Waals surface area (Å²) in [7, 11) is 0. The van der Waals surface area contributed by atoms with Crippen LogP contribution in [0.3, 0.4) is 0 Å². The second-order valence-electron chi connectivity index (χ2n) is 6.50. The monoisotopic (exact) mass is 363 g/mol. The number of rotatable bonds is 3. The lowest BCUT2D eigenvalue weighted by molar-refractivity contribution is -0.187. The maximum Gasteiger partial charge on any atom is 0.471 e. The summed E-state index contributed by atoms with van der Waals surface area (Å²) in [6.45, 7) is 2.13. The van der Waals surface area contributed by atoms with Crippen LogP contribution in [-0.4, -0.2) is 29.6 Å². The molecule has 1 atom stereocenters. The zero-order chi connectivity index (χ0) is 18.7. The molecule has 2 aromatic carbocycles. The van der Waals surface area contributed by atoms with Crippen molar-refractivity contribution in [1.82, 2.24) is 4.90 Å². The van der Waals surface area contributed by atoms with Gasteiger partial charge in [0.2, 0.25) is 0 Å². The number of alkyl halides is 3. The van der Waals surface area contributed by atoms with Crippen LogP contribution in [0.1, 0.15) is 23.6 Å². The maximum atomic E-state index is 12.8.